The van der Waals surface area contributed by atoms with E-state index in [0.29, 0.717) is 19.1 Å². The second-order valence-corrected chi connectivity index (χ2v) is 4.42. The van der Waals surface area contributed by atoms with Gasteiger partial charge in [0.25, 0.3) is 0 Å². The van der Waals surface area contributed by atoms with Crippen LogP contribution >= 0.6 is 0 Å². The normalized spacial score (nSPS) is 10.9. The number of ether oxygens (including phenoxy) is 1. The Balaban J connectivity index is 2.72. The summed E-state index contributed by atoms with van der Waals surface area (Å²) in [5, 5.41) is 8.27. The Morgan fingerprint density at radius 1 is 1.35 bits per heavy atom. The molecule has 0 saturated carbocycles. The molecular weight excluding hydrogens is 216 g/mol. The maximum atomic E-state index is 5.50. The number of hydrogen-bond donors (Lipinski definition) is 1. The number of nitrogens with two attached hydrogens (primary N) is 1. The molecule has 0 atom stereocenters. The molecule has 0 aliphatic carbocycles. The number of aromatic nitrogens is 2. The van der Waals surface area contributed by atoms with Crippen LogP contribution in [0.2, 0.25) is 0 Å². The van der Waals surface area contributed by atoms with Gasteiger partial charge in [-0.1, -0.05) is 13.8 Å². The fourth-order valence-corrected chi connectivity index (χ4v) is 1.57. The average molecular weight is 238 g/mol. The molecule has 0 radical (unpaired) electrons. The summed E-state index contributed by atoms with van der Waals surface area (Å²) in [4.78, 5) is 2.18. The van der Waals surface area contributed by atoms with E-state index >= 15 is 0 Å². The van der Waals surface area contributed by atoms with Crippen LogP contribution in [0.25, 0.3) is 0 Å². The number of anilines is 1. The lowest BCUT2D eigenvalue weighted by atomic mass is 10.2. The van der Waals surface area contributed by atoms with Crippen LogP contribution in [0.1, 0.15) is 19.5 Å². The third-order valence-electron chi connectivity index (χ3n) is 2.39. The van der Waals surface area contributed by atoms with E-state index in [4.69, 9.17) is 10.5 Å². The molecule has 0 unspecified atom stereocenters. The van der Waals surface area contributed by atoms with Gasteiger partial charge in [-0.25, -0.2) is 0 Å². The van der Waals surface area contributed by atoms with Crippen molar-refractivity contribution in [3.63, 3.8) is 0 Å². The first-order valence-corrected chi connectivity index (χ1v) is 5.94. The van der Waals surface area contributed by atoms with Gasteiger partial charge in [0.1, 0.15) is 0 Å². The van der Waals surface area contributed by atoms with Crippen LogP contribution in [0.3, 0.4) is 0 Å². The number of nitrogens with zero attached hydrogens (tertiary/aromatic N) is 3. The van der Waals surface area contributed by atoms with Crippen LogP contribution in [-0.2, 0) is 11.3 Å². The first-order valence-electron chi connectivity index (χ1n) is 5.94. The molecule has 0 fully saturated rings. The van der Waals surface area contributed by atoms with Gasteiger partial charge in [-0.3, -0.25) is 0 Å². The van der Waals surface area contributed by atoms with Crippen LogP contribution in [0.5, 0.6) is 0 Å². The molecule has 0 aliphatic rings. The van der Waals surface area contributed by atoms with E-state index in [-0.39, 0.29) is 0 Å². The van der Waals surface area contributed by atoms with Gasteiger partial charge in [-0.15, -0.1) is 5.10 Å². The fraction of sp³-hybridized carbons (Fsp3) is 0.667. The standard InChI is InChI=1S/C12H22N4O/c1-10(2)9-16(6-7-17-3)12-5-4-11(8-13)14-15-12/h4-5,10H,6-9,13H2,1-3H3. The zero-order valence-electron chi connectivity index (χ0n) is 10.9. The molecule has 1 rings (SSSR count). The minimum Gasteiger partial charge on any atom is -0.383 e. The van der Waals surface area contributed by atoms with E-state index in [9.17, 15) is 0 Å². The first kappa shape index (κ1) is 13.9. The maximum Gasteiger partial charge on any atom is 0.151 e. The third kappa shape index (κ3) is 4.66. The molecular formula is C12H22N4O. The molecule has 0 bridgehead atoms. The lowest BCUT2D eigenvalue weighted by Crippen LogP contribution is -2.31. The van der Waals surface area contributed by atoms with Crippen molar-refractivity contribution in [3.05, 3.63) is 17.8 Å². The average Bonchev–Trinajstić information content (AvgIpc) is 2.34. The molecule has 0 amide bonds. The van der Waals surface area contributed by atoms with Crippen molar-refractivity contribution in [1.82, 2.24) is 10.2 Å². The lowest BCUT2D eigenvalue weighted by Gasteiger charge is -2.24. The van der Waals surface area contributed by atoms with Gasteiger partial charge < -0.3 is 15.4 Å². The molecule has 0 aliphatic heterocycles. The summed E-state index contributed by atoms with van der Waals surface area (Å²) in [5.41, 5.74) is 6.31. The minimum absolute atomic E-state index is 0.426. The van der Waals surface area contributed by atoms with E-state index in [1.54, 1.807) is 7.11 Å². The first-order chi connectivity index (χ1) is 8.17. The van der Waals surface area contributed by atoms with Crippen molar-refractivity contribution in [1.29, 1.82) is 0 Å². The Labute approximate surface area is 103 Å². The number of methoxy groups -OCH3 is 1. The summed E-state index contributed by atoms with van der Waals surface area (Å²) >= 11 is 0. The Morgan fingerprint density at radius 2 is 2.12 bits per heavy atom. The lowest BCUT2D eigenvalue weighted by molar-refractivity contribution is 0.204. The predicted octanol–water partition coefficient (Wildman–Crippen LogP) is 1.04. The zero-order chi connectivity index (χ0) is 12.7. The molecule has 0 spiro atoms. The molecule has 0 aromatic carbocycles. The summed E-state index contributed by atoms with van der Waals surface area (Å²) in [7, 11) is 1.71. The molecule has 1 heterocycles. The van der Waals surface area contributed by atoms with Crippen molar-refractivity contribution in [2.24, 2.45) is 11.7 Å². The second-order valence-electron chi connectivity index (χ2n) is 4.42. The van der Waals surface area contributed by atoms with Gasteiger partial charge in [0.05, 0.1) is 12.3 Å². The van der Waals surface area contributed by atoms with Crippen molar-refractivity contribution in [2.75, 3.05) is 31.7 Å². The molecule has 2 N–H and O–H groups in total. The third-order valence-corrected chi connectivity index (χ3v) is 2.39. The summed E-state index contributed by atoms with van der Waals surface area (Å²) in [6.07, 6.45) is 0. The molecule has 1 aromatic rings. The molecule has 17 heavy (non-hydrogen) atoms. The SMILES string of the molecule is COCCN(CC(C)C)c1ccc(CN)nn1. The highest BCUT2D eigenvalue weighted by Gasteiger charge is 2.10. The van der Waals surface area contributed by atoms with Crippen molar-refractivity contribution >= 4 is 5.82 Å². The molecule has 0 saturated heterocycles. The smallest absolute Gasteiger partial charge is 0.151 e. The van der Waals surface area contributed by atoms with E-state index in [0.717, 1.165) is 24.6 Å². The highest BCUT2D eigenvalue weighted by molar-refractivity contribution is 5.37. The molecule has 96 valence electrons. The van der Waals surface area contributed by atoms with Crippen LogP contribution in [0.4, 0.5) is 5.82 Å². The van der Waals surface area contributed by atoms with Gasteiger partial charge in [-0.05, 0) is 18.1 Å². The van der Waals surface area contributed by atoms with Crippen molar-refractivity contribution < 1.29 is 4.74 Å². The summed E-state index contributed by atoms with van der Waals surface area (Å²) < 4.78 is 5.11. The molecule has 5 nitrogen and oxygen atoms in total. The van der Waals surface area contributed by atoms with Gasteiger partial charge in [0.2, 0.25) is 0 Å². The summed E-state index contributed by atoms with van der Waals surface area (Å²) in [6, 6.07) is 3.88. The van der Waals surface area contributed by atoms with Crippen LogP contribution < -0.4 is 10.6 Å². The summed E-state index contributed by atoms with van der Waals surface area (Å²) in [6.45, 7) is 7.25. The Kier molecular flexibility index (Phi) is 5.86. The Hall–Kier alpha value is -1.20. The van der Waals surface area contributed by atoms with Crippen LogP contribution in [0.15, 0.2) is 12.1 Å². The molecule has 1 aromatic heterocycles. The van der Waals surface area contributed by atoms with E-state index < -0.39 is 0 Å². The van der Waals surface area contributed by atoms with Gasteiger partial charge in [-0.2, -0.15) is 5.10 Å². The topological polar surface area (TPSA) is 64.3 Å². The summed E-state index contributed by atoms with van der Waals surface area (Å²) in [5.74, 6) is 1.45. The van der Waals surface area contributed by atoms with Crippen LogP contribution in [-0.4, -0.2) is 37.0 Å². The maximum absolute atomic E-state index is 5.50. The van der Waals surface area contributed by atoms with E-state index in [2.05, 4.69) is 28.9 Å². The van der Waals surface area contributed by atoms with Crippen molar-refractivity contribution in [3.8, 4) is 0 Å². The number of hydrogen-bond acceptors (Lipinski definition) is 5. The Bertz CT molecular complexity index is 313. The molecule has 5 heteroatoms. The second kappa shape index (κ2) is 7.19. The van der Waals surface area contributed by atoms with Gasteiger partial charge in [0.15, 0.2) is 5.82 Å². The van der Waals surface area contributed by atoms with E-state index in [1.165, 1.54) is 0 Å². The largest absolute Gasteiger partial charge is 0.383 e. The monoisotopic (exact) mass is 238 g/mol. The Morgan fingerprint density at radius 3 is 2.59 bits per heavy atom. The zero-order valence-corrected chi connectivity index (χ0v) is 10.9. The highest BCUT2D eigenvalue weighted by Crippen LogP contribution is 2.11. The van der Waals surface area contributed by atoms with E-state index in [1.807, 2.05) is 12.1 Å². The van der Waals surface area contributed by atoms with Crippen molar-refractivity contribution in [2.45, 2.75) is 20.4 Å². The van der Waals surface area contributed by atoms with Gasteiger partial charge >= 0.3 is 0 Å². The van der Waals surface area contributed by atoms with Gasteiger partial charge in [0, 0.05) is 26.7 Å². The number of rotatable bonds is 7. The minimum atomic E-state index is 0.426. The highest BCUT2D eigenvalue weighted by atomic mass is 16.5. The van der Waals surface area contributed by atoms with Crippen LogP contribution in [0, 0.1) is 5.92 Å². The quantitative estimate of drug-likeness (QED) is 0.769. The fourth-order valence-electron chi connectivity index (χ4n) is 1.57. The predicted molar refractivity (Wildman–Crippen MR) is 68.9 cm³/mol.